The summed E-state index contributed by atoms with van der Waals surface area (Å²) in [5.74, 6) is -0.769. The van der Waals surface area contributed by atoms with Crippen molar-refractivity contribution in [1.82, 2.24) is 15.4 Å². The van der Waals surface area contributed by atoms with Crippen LogP contribution in [0.25, 0.3) is 0 Å². The number of oxime groups is 1. The van der Waals surface area contributed by atoms with E-state index in [9.17, 15) is 23.1 Å². The number of aliphatic hydroxyl groups excluding tert-OH is 2. The van der Waals surface area contributed by atoms with Crippen molar-refractivity contribution < 1.29 is 46.6 Å². The highest BCUT2D eigenvalue weighted by Gasteiger charge is 2.58. The van der Waals surface area contributed by atoms with Crippen molar-refractivity contribution in [3.05, 3.63) is 40.4 Å². The van der Waals surface area contributed by atoms with Crippen LogP contribution in [0.4, 0.5) is 5.13 Å². The average molecular weight is 725 g/mol. The van der Waals surface area contributed by atoms with E-state index in [-0.39, 0.29) is 29.2 Å². The van der Waals surface area contributed by atoms with E-state index in [0.717, 1.165) is 22.5 Å². The topological polar surface area (TPSA) is 288 Å². The molecule has 2 aromatic rings. The Labute approximate surface area is 286 Å². The van der Waals surface area contributed by atoms with Crippen molar-refractivity contribution in [3.8, 4) is 5.75 Å². The van der Waals surface area contributed by atoms with E-state index < -0.39 is 57.6 Å². The van der Waals surface area contributed by atoms with Crippen molar-refractivity contribution in [2.24, 2.45) is 21.6 Å². The van der Waals surface area contributed by atoms with Crippen LogP contribution in [0.5, 0.6) is 5.75 Å². The van der Waals surface area contributed by atoms with Gasteiger partial charge in [0, 0.05) is 16.5 Å². The minimum absolute atomic E-state index is 0.0757. The molecule has 3 heterocycles. The Morgan fingerprint density at radius 1 is 1.33 bits per heavy atom. The van der Waals surface area contributed by atoms with Gasteiger partial charge in [0.25, 0.3) is 11.8 Å². The molecule has 2 aliphatic heterocycles. The number of β-lactam (4-membered cyclic amide) rings is 1. The van der Waals surface area contributed by atoms with Gasteiger partial charge in [-0.25, -0.2) is 4.98 Å². The van der Waals surface area contributed by atoms with E-state index in [1.807, 2.05) is 6.07 Å². The number of thiazole rings is 1. The van der Waals surface area contributed by atoms with E-state index in [0.29, 0.717) is 48.8 Å². The number of carbonyl (C=O) groups excluding carboxylic acids is 2. The Morgan fingerprint density at radius 2 is 2.04 bits per heavy atom. The number of hydroxylamine groups is 2. The van der Waals surface area contributed by atoms with E-state index in [4.69, 9.17) is 36.4 Å². The number of anilines is 1. The maximum atomic E-state index is 13.3. The number of nitrogens with two attached hydrogens (primary N) is 3. The molecule has 49 heavy (non-hydrogen) atoms. The van der Waals surface area contributed by atoms with Crippen LogP contribution < -0.4 is 27.3 Å². The zero-order chi connectivity index (χ0) is 35.9. The third-order valence-corrected chi connectivity index (χ3v) is 9.74. The number of aromatic nitrogens is 1. The fourth-order valence-electron chi connectivity index (χ4n) is 6.07. The van der Waals surface area contributed by atoms with Gasteiger partial charge in [0.05, 0.1) is 24.3 Å². The van der Waals surface area contributed by atoms with Gasteiger partial charge in [-0.15, -0.1) is 15.6 Å². The predicted molar refractivity (Wildman–Crippen MR) is 177 cm³/mol. The van der Waals surface area contributed by atoms with E-state index in [2.05, 4.69) is 24.7 Å². The van der Waals surface area contributed by atoms with Gasteiger partial charge in [0.1, 0.15) is 29.4 Å². The monoisotopic (exact) mass is 724 g/mol. The SMILES string of the molecule is CC(O/N=C(\C(=O)NC1C(=O)N(OS(=O)(=O)O)C1(C)C)c1csc(N)n1)C1CCc2cc(C(N)=NC3CC(N)(CC(O)CO)C3)ccc2O1. The molecule has 4 unspecified atom stereocenters. The highest BCUT2D eigenvalue weighted by Crippen LogP contribution is 2.37. The van der Waals surface area contributed by atoms with Gasteiger partial charge < -0.3 is 42.3 Å². The minimum Gasteiger partial charge on any atom is -0.486 e. The van der Waals surface area contributed by atoms with Crippen LogP contribution in [0.2, 0.25) is 0 Å². The summed E-state index contributed by atoms with van der Waals surface area (Å²) in [4.78, 5) is 40.4. The van der Waals surface area contributed by atoms with Crippen molar-refractivity contribution in [1.29, 1.82) is 0 Å². The first-order valence-electron chi connectivity index (χ1n) is 15.4. The number of nitrogens with zero attached hydrogens (tertiary/aromatic N) is 4. The number of benzene rings is 1. The van der Waals surface area contributed by atoms with Gasteiger partial charge in [-0.3, -0.25) is 19.1 Å². The van der Waals surface area contributed by atoms with Gasteiger partial charge in [-0.2, -0.15) is 13.5 Å². The number of nitrogens with one attached hydrogen (secondary N) is 1. The summed E-state index contributed by atoms with van der Waals surface area (Å²) in [5.41, 5.74) is 17.9. The number of amides is 2. The minimum atomic E-state index is -4.97. The molecule has 2 amide bonds. The van der Waals surface area contributed by atoms with E-state index >= 15 is 0 Å². The van der Waals surface area contributed by atoms with Crippen LogP contribution in [0.1, 0.15) is 63.3 Å². The molecule has 0 bridgehead atoms. The highest BCUT2D eigenvalue weighted by molar-refractivity contribution is 7.80. The Hall–Kier alpha value is -3.92. The van der Waals surface area contributed by atoms with Crippen LogP contribution in [0, 0.1) is 0 Å². The summed E-state index contributed by atoms with van der Waals surface area (Å²) < 4.78 is 41.8. The number of ether oxygens (including phenoxy) is 1. The summed E-state index contributed by atoms with van der Waals surface area (Å²) in [7, 11) is -4.97. The molecule has 10 N–H and O–H groups in total. The third-order valence-electron chi connectivity index (χ3n) is 8.73. The Bertz CT molecular complexity index is 1760. The zero-order valence-corrected chi connectivity index (χ0v) is 28.6. The van der Waals surface area contributed by atoms with Crippen LogP contribution in [0.15, 0.2) is 33.7 Å². The smallest absolute Gasteiger partial charge is 0.418 e. The number of rotatable bonds is 13. The van der Waals surface area contributed by atoms with E-state index in [1.165, 1.54) is 19.2 Å². The van der Waals surface area contributed by atoms with Crippen molar-refractivity contribution in [2.45, 2.75) is 94.3 Å². The van der Waals surface area contributed by atoms with Crippen LogP contribution in [0.3, 0.4) is 0 Å². The summed E-state index contributed by atoms with van der Waals surface area (Å²) in [6.45, 7) is 4.24. The Balaban J connectivity index is 1.22. The van der Waals surface area contributed by atoms with Crippen molar-refractivity contribution in [2.75, 3.05) is 12.3 Å². The van der Waals surface area contributed by atoms with Gasteiger partial charge in [0.15, 0.2) is 16.9 Å². The van der Waals surface area contributed by atoms with Crippen molar-refractivity contribution in [3.63, 3.8) is 0 Å². The number of nitrogen functional groups attached to an aromatic ring is 1. The summed E-state index contributed by atoms with van der Waals surface area (Å²) in [6.07, 6.45) is 0.642. The second kappa shape index (κ2) is 13.8. The fourth-order valence-corrected chi connectivity index (χ4v) is 7.07. The number of amidine groups is 1. The predicted octanol–water partition coefficient (Wildman–Crippen LogP) is -0.623. The number of aliphatic imine (C=N–C) groups is 1. The van der Waals surface area contributed by atoms with Gasteiger partial charge in [0.2, 0.25) is 0 Å². The molecule has 20 heteroatoms. The molecule has 2 fully saturated rings. The molecule has 1 saturated heterocycles. The lowest BCUT2D eigenvalue weighted by atomic mass is 9.70. The quantitative estimate of drug-likeness (QED) is 0.0446. The molecule has 5 rings (SSSR count). The van der Waals surface area contributed by atoms with Gasteiger partial charge in [-0.05, 0) is 76.6 Å². The van der Waals surface area contributed by atoms with Crippen LogP contribution in [-0.4, -0.2) is 105 Å². The molecule has 268 valence electrons. The van der Waals surface area contributed by atoms with E-state index in [1.54, 1.807) is 19.1 Å². The zero-order valence-electron chi connectivity index (χ0n) is 27.0. The molecule has 3 aliphatic rings. The van der Waals surface area contributed by atoms with Gasteiger partial charge in [-0.1, -0.05) is 5.16 Å². The Kier molecular flexibility index (Phi) is 10.2. The fraction of sp³-hybridized carbons (Fsp3) is 0.552. The number of aryl methyl sites for hydroxylation is 1. The number of carbonyl (C=O) groups is 2. The summed E-state index contributed by atoms with van der Waals surface area (Å²) in [5, 5.41) is 27.5. The number of aliphatic hydroxyl groups is 2. The normalized spacial score (nSPS) is 26.5. The maximum absolute atomic E-state index is 13.3. The first kappa shape index (κ1) is 36.4. The molecule has 1 aromatic heterocycles. The average Bonchev–Trinajstić information content (AvgIpc) is 3.45. The molecule has 18 nitrogen and oxygen atoms in total. The summed E-state index contributed by atoms with van der Waals surface area (Å²) >= 11 is 1.06. The van der Waals surface area contributed by atoms with Crippen molar-refractivity contribution >= 4 is 50.2 Å². The number of hydrogen-bond acceptors (Lipinski definition) is 15. The van der Waals surface area contributed by atoms with Gasteiger partial charge >= 0.3 is 10.4 Å². The lowest BCUT2D eigenvalue weighted by Crippen LogP contribution is -2.76. The van der Waals surface area contributed by atoms with Crippen LogP contribution in [-0.2, 0) is 35.5 Å². The molecule has 1 aliphatic carbocycles. The molecular weight excluding hydrogens is 684 g/mol. The number of fused-ring (bicyclic) bond motifs is 1. The molecule has 4 atom stereocenters. The molecule has 0 radical (unpaired) electrons. The highest BCUT2D eigenvalue weighted by atomic mass is 32.3. The molecule has 0 spiro atoms. The summed E-state index contributed by atoms with van der Waals surface area (Å²) in [6, 6.07) is 4.21. The second-order valence-electron chi connectivity index (χ2n) is 13.0. The lowest BCUT2D eigenvalue weighted by molar-refractivity contribution is -0.218. The molecule has 1 aromatic carbocycles. The molecule has 1 saturated carbocycles. The van der Waals surface area contributed by atoms with Crippen LogP contribution >= 0.6 is 11.3 Å². The first-order chi connectivity index (χ1) is 22.9. The largest absolute Gasteiger partial charge is 0.486 e. The number of hydrogen-bond donors (Lipinski definition) is 7. The maximum Gasteiger partial charge on any atom is 0.418 e. The second-order valence-corrected chi connectivity index (χ2v) is 14.9. The Morgan fingerprint density at radius 3 is 2.65 bits per heavy atom. The first-order valence-corrected chi connectivity index (χ1v) is 17.6. The molecular formula is C29H40N8O10S2. The lowest BCUT2D eigenvalue weighted by Gasteiger charge is -2.50. The third kappa shape index (κ3) is 8.11. The standard InChI is InChI=1S/C29H40N8O10S2/c1-14(20-6-4-15-8-16(5-7-21(15)45-20)24(30)33-17-9-29(32,10-17)11-18(39)12-38)46-36-22(19-13-48-27(31)34-19)25(40)35-23-26(41)37(28(23,2)3)47-49(42,43)44/h5,7-8,13-14,17-18,20,23,38-39H,4,6,9-12,32H2,1-3H3,(H2,30,33)(H2,31,34)(H,35,40)(H,42,43,44)/b36-22-.